The summed E-state index contributed by atoms with van der Waals surface area (Å²) in [5, 5.41) is 15.5. The van der Waals surface area contributed by atoms with E-state index in [2.05, 4.69) is 38.4 Å². The Morgan fingerprint density at radius 1 is 0.963 bits per heavy atom. The van der Waals surface area contributed by atoms with Gasteiger partial charge < -0.3 is 10.6 Å². The fourth-order valence-corrected chi connectivity index (χ4v) is 3.75. The molecule has 2 N–H and O–H groups in total. The van der Waals surface area contributed by atoms with E-state index in [1.54, 1.807) is 16.6 Å². The first-order valence-electron chi connectivity index (χ1n) is 9.01. The van der Waals surface area contributed by atoms with Gasteiger partial charge in [-0.1, -0.05) is 24.3 Å². The van der Waals surface area contributed by atoms with Crippen molar-refractivity contribution in [3.05, 3.63) is 54.2 Å². The molecule has 0 spiro atoms. The largest absolute Gasteiger partial charge is 0.371 e. The number of aromatic nitrogens is 4. The van der Waals surface area contributed by atoms with Crippen LogP contribution < -0.4 is 10.6 Å². The van der Waals surface area contributed by atoms with E-state index in [1.165, 1.54) is 18.5 Å². The molecule has 5 rings (SSSR count). The van der Waals surface area contributed by atoms with Crippen LogP contribution in [0.2, 0.25) is 0 Å². The molecule has 3 heterocycles. The summed E-state index contributed by atoms with van der Waals surface area (Å²) in [7, 11) is 0. The van der Waals surface area contributed by atoms with Crippen LogP contribution in [0.5, 0.6) is 0 Å². The zero-order valence-corrected chi connectivity index (χ0v) is 14.7. The number of benzene rings is 2. The maximum Gasteiger partial charge on any atom is 0.248 e. The zero-order chi connectivity index (χ0) is 18.4. The van der Waals surface area contributed by atoms with Gasteiger partial charge in [0, 0.05) is 40.7 Å². The Labute approximate surface area is 155 Å². The molecular formula is C20H18N6O. The van der Waals surface area contributed by atoms with E-state index in [9.17, 15) is 4.79 Å². The highest BCUT2D eigenvalue weighted by Crippen LogP contribution is 2.31. The summed E-state index contributed by atoms with van der Waals surface area (Å²) >= 11 is 0. The topological polar surface area (TPSA) is 89.4 Å². The van der Waals surface area contributed by atoms with Gasteiger partial charge in [-0.3, -0.25) is 4.79 Å². The highest BCUT2D eigenvalue weighted by atomic mass is 16.1. The summed E-state index contributed by atoms with van der Waals surface area (Å²) < 4.78 is 1.75. The molecule has 0 aliphatic carbocycles. The Morgan fingerprint density at radius 2 is 1.74 bits per heavy atom. The number of nitrogens with zero attached hydrogens (tertiary/aromatic N) is 5. The molecule has 1 aliphatic rings. The lowest BCUT2D eigenvalue weighted by molar-refractivity contribution is 0.100. The van der Waals surface area contributed by atoms with E-state index in [0.29, 0.717) is 11.4 Å². The van der Waals surface area contributed by atoms with Crippen molar-refractivity contribution in [2.75, 3.05) is 18.0 Å². The minimum Gasteiger partial charge on any atom is -0.371 e. The first kappa shape index (κ1) is 15.7. The van der Waals surface area contributed by atoms with Crippen molar-refractivity contribution in [2.45, 2.75) is 12.8 Å². The summed E-state index contributed by atoms with van der Waals surface area (Å²) in [6, 6.07) is 13.3. The third kappa shape index (κ3) is 2.51. The summed E-state index contributed by atoms with van der Waals surface area (Å²) in [5.41, 5.74) is 8.53. The van der Waals surface area contributed by atoms with Crippen LogP contribution in [0.15, 0.2) is 48.7 Å². The monoisotopic (exact) mass is 358 g/mol. The van der Waals surface area contributed by atoms with Crippen LogP contribution in [0.1, 0.15) is 23.2 Å². The van der Waals surface area contributed by atoms with Gasteiger partial charge in [-0.2, -0.15) is 9.61 Å². The summed E-state index contributed by atoms with van der Waals surface area (Å²) in [5.74, 6) is 0.181. The zero-order valence-electron chi connectivity index (χ0n) is 14.7. The van der Waals surface area contributed by atoms with E-state index in [1.807, 2.05) is 18.3 Å². The normalized spacial score (nSPS) is 14.3. The average molecular weight is 358 g/mol. The van der Waals surface area contributed by atoms with Crippen LogP contribution in [0.4, 0.5) is 5.69 Å². The minimum absolute atomic E-state index is 0.453. The van der Waals surface area contributed by atoms with Crippen LogP contribution in [0.25, 0.3) is 27.8 Å². The second-order valence-corrected chi connectivity index (χ2v) is 6.78. The second kappa shape index (κ2) is 6.05. The Hall–Kier alpha value is -3.48. The Balaban J connectivity index is 1.65. The van der Waals surface area contributed by atoms with E-state index in [4.69, 9.17) is 5.73 Å². The van der Waals surface area contributed by atoms with Gasteiger partial charge in [-0.05, 0) is 31.0 Å². The molecule has 7 heteroatoms. The van der Waals surface area contributed by atoms with Crippen molar-refractivity contribution in [1.29, 1.82) is 0 Å². The van der Waals surface area contributed by atoms with E-state index in [0.717, 1.165) is 35.1 Å². The van der Waals surface area contributed by atoms with Crippen molar-refractivity contribution < 1.29 is 4.79 Å². The van der Waals surface area contributed by atoms with Crippen molar-refractivity contribution in [1.82, 2.24) is 19.8 Å². The second-order valence-electron chi connectivity index (χ2n) is 6.78. The molecule has 0 bridgehead atoms. The first-order chi connectivity index (χ1) is 13.2. The lowest BCUT2D eigenvalue weighted by Crippen LogP contribution is -2.17. The lowest BCUT2D eigenvalue weighted by Gasteiger charge is -2.19. The number of fused-ring (bicyclic) bond motifs is 3. The van der Waals surface area contributed by atoms with Gasteiger partial charge >= 0.3 is 0 Å². The number of amides is 1. The van der Waals surface area contributed by atoms with Gasteiger partial charge in [0.15, 0.2) is 11.5 Å². The number of hydrogen-bond acceptors (Lipinski definition) is 5. The molecule has 2 aromatic carbocycles. The van der Waals surface area contributed by atoms with Gasteiger partial charge in [0.2, 0.25) is 5.91 Å². The molecule has 1 fully saturated rings. The fraction of sp³-hybridized carbons (Fsp3) is 0.200. The highest BCUT2D eigenvalue weighted by Gasteiger charge is 2.18. The van der Waals surface area contributed by atoms with Crippen LogP contribution in [-0.4, -0.2) is 38.8 Å². The molecule has 27 heavy (non-hydrogen) atoms. The first-order valence-corrected chi connectivity index (χ1v) is 9.01. The van der Waals surface area contributed by atoms with Crippen LogP contribution in [0.3, 0.4) is 0 Å². The van der Waals surface area contributed by atoms with Crippen LogP contribution in [0, 0.1) is 0 Å². The number of primary amides is 1. The number of rotatable bonds is 3. The number of carbonyl (C=O) groups excluding carboxylic acids is 1. The predicted molar refractivity (Wildman–Crippen MR) is 104 cm³/mol. The van der Waals surface area contributed by atoms with Gasteiger partial charge in [0.1, 0.15) is 0 Å². The SMILES string of the molecule is NC(=O)c1ccc(-c2nnc3c4cccc(N5CCCC5)c4cnn23)cc1. The quantitative estimate of drug-likeness (QED) is 0.608. The van der Waals surface area contributed by atoms with E-state index in [-0.39, 0.29) is 0 Å². The molecule has 1 saturated heterocycles. The molecule has 0 radical (unpaired) electrons. The van der Waals surface area contributed by atoms with Crippen molar-refractivity contribution in [2.24, 2.45) is 5.73 Å². The molecule has 4 aromatic rings. The molecule has 2 aromatic heterocycles. The summed E-state index contributed by atoms with van der Waals surface area (Å²) in [4.78, 5) is 13.7. The Bertz CT molecular complexity index is 1160. The molecule has 0 unspecified atom stereocenters. The Kier molecular flexibility index (Phi) is 3.53. The fourth-order valence-electron chi connectivity index (χ4n) is 3.75. The standard InChI is InChI=1S/C20H18N6O/c21-18(27)13-6-8-14(9-7-13)19-23-24-20-15-4-3-5-17(25-10-1-2-11-25)16(15)12-22-26(19)20/h3-9,12H,1-2,10-11H2,(H2,21,27). The van der Waals surface area contributed by atoms with Gasteiger partial charge in [0.25, 0.3) is 0 Å². The number of nitrogens with two attached hydrogens (primary N) is 1. The lowest BCUT2D eigenvalue weighted by atomic mass is 10.1. The van der Waals surface area contributed by atoms with Crippen molar-refractivity contribution >= 4 is 28.0 Å². The smallest absolute Gasteiger partial charge is 0.248 e. The summed E-state index contributed by atoms with van der Waals surface area (Å²) in [6.45, 7) is 2.16. The van der Waals surface area contributed by atoms with Gasteiger partial charge in [-0.15, -0.1) is 10.2 Å². The molecule has 134 valence electrons. The predicted octanol–water partition coefficient (Wildman–Crippen LogP) is 2.64. The van der Waals surface area contributed by atoms with Crippen LogP contribution in [-0.2, 0) is 0 Å². The maximum atomic E-state index is 11.3. The Morgan fingerprint density at radius 3 is 2.48 bits per heavy atom. The van der Waals surface area contributed by atoms with Crippen molar-refractivity contribution in [3.63, 3.8) is 0 Å². The average Bonchev–Trinajstić information content (AvgIpc) is 3.37. The van der Waals surface area contributed by atoms with E-state index < -0.39 is 5.91 Å². The number of anilines is 1. The van der Waals surface area contributed by atoms with Crippen LogP contribution >= 0.6 is 0 Å². The molecule has 7 nitrogen and oxygen atoms in total. The van der Waals surface area contributed by atoms with Gasteiger partial charge in [-0.25, -0.2) is 0 Å². The molecule has 0 atom stereocenters. The number of hydrogen-bond donors (Lipinski definition) is 1. The van der Waals surface area contributed by atoms with E-state index >= 15 is 0 Å². The minimum atomic E-state index is -0.453. The molecule has 0 saturated carbocycles. The maximum absolute atomic E-state index is 11.3. The summed E-state index contributed by atoms with van der Waals surface area (Å²) in [6.07, 6.45) is 4.34. The number of carbonyl (C=O) groups is 1. The molecule has 1 aliphatic heterocycles. The highest BCUT2D eigenvalue weighted by molar-refractivity contribution is 6.01. The molecular weight excluding hydrogens is 340 g/mol. The third-order valence-electron chi connectivity index (χ3n) is 5.14. The van der Waals surface area contributed by atoms with Gasteiger partial charge in [0.05, 0.1) is 6.20 Å². The molecule has 1 amide bonds. The van der Waals surface area contributed by atoms with Crippen molar-refractivity contribution in [3.8, 4) is 11.4 Å². The third-order valence-corrected chi connectivity index (χ3v) is 5.14.